The van der Waals surface area contributed by atoms with Gasteiger partial charge in [-0.05, 0) is 55.3 Å². The van der Waals surface area contributed by atoms with Gasteiger partial charge in [0.25, 0.3) is 5.91 Å². The zero-order valence-electron chi connectivity index (χ0n) is 14.6. The highest BCUT2D eigenvalue weighted by Crippen LogP contribution is 2.22. The Hall–Kier alpha value is -2.38. The highest BCUT2D eigenvalue weighted by atomic mass is 32.2. The molecule has 3 rings (SSSR count). The molecule has 1 saturated heterocycles. The van der Waals surface area contributed by atoms with E-state index in [9.17, 15) is 13.2 Å². The molecule has 0 spiro atoms. The number of piperidine rings is 1. The van der Waals surface area contributed by atoms with Gasteiger partial charge in [-0.2, -0.15) is 4.31 Å². The van der Waals surface area contributed by atoms with Crippen molar-refractivity contribution in [2.45, 2.75) is 24.2 Å². The van der Waals surface area contributed by atoms with E-state index < -0.39 is 10.0 Å². The second-order valence-corrected chi connectivity index (χ2v) is 8.11. The van der Waals surface area contributed by atoms with Crippen LogP contribution < -0.4 is 10.1 Å². The van der Waals surface area contributed by atoms with Gasteiger partial charge in [0.2, 0.25) is 10.0 Å². The van der Waals surface area contributed by atoms with Gasteiger partial charge in [-0.1, -0.05) is 12.5 Å². The zero-order valence-corrected chi connectivity index (χ0v) is 15.5. The molecule has 0 unspecified atom stereocenters. The molecule has 26 heavy (non-hydrogen) atoms. The Labute approximate surface area is 153 Å². The van der Waals surface area contributed by atoms with Gasteiger partial charge in [0, 0.05) is 24.3 Å². The molecule has 1 fully saturated rings. The van der Waals surface area contributed by atoms with Crippen LogP contribution in [0, 0.1) is 0 Å². The standard InChI is InChI=1S/C19H22N2O4S/c1-25-17-7-5-6-15(14-17)19(22)20-16-8-10-18(11-9-16)26(23,24)21-12-3-2-4-13-21/h5-11,14H,2-4,12-13H2,1H3,(H,20,22). The summed E-state index contributed by atoms with van der Waals surface area (Å²) in [5, 5.41) is 2.76. The lowest BCUT2D eigenvalue weighted by Gasteiger charge is -2.25. The summed E-state index contributed by atoms with van der Waals surface area (Å²) in [7, 11) is -1.92. The molecule has 0 saturated carbocycles. The first-order valence-corrected chi connectivity index (χ1v) is 10.0. The van der Waals surface area contributed by atoms with E-state index in [1.165, 1.54) is 16.4 Å². The molecule has 0 aliphatic carbocycles. The first-order chi connectivity index (χ1) is 12.5. The third-order valence-corrected chi connectivity index (χ3v) is 6.31. The number of anilines is 1. The maximum Gasteiger partial charge on any atom is 0.255 e. The fourth-order valence-corrected chi connectivity index (χ4v) is 4.45. The molecule has 1 heterocycles. The minimum Gasteiger partial charge on any atom is -0.497 e. The van der Waals surface area contributed by atoms with E-state index in [2.05, 4.69) is 5.32 Å². The lowest BCUT2D eigenvalue weighted by atomic mass is 10.2. The molecule has 1 aliphatic heterocycles. The second kappa shape index (κ2) is 7.88. The number of carbonyl (C=O) groups excluding carboxylic acids is 1. The predicted octanol–water partition coefficient (Wildman–Crippen LogP) is 3.12. The number of benzene rings is 2. The molecular weight excluding hydrogens is 352 g/mol. The summed E-state index contributed by atoms with van der Waals surface area (Å²) >= 11 is 0. The number of hydrogen-bond acceptors (Lipinski definition) is 4. The molecule has 138 valence electrons. The highest BCUT2D eigenvalue weighted by Gasteiger charge is 2.25. The highest BCUT2D eigenvalue weighted by molar-refractivity contribution is 7.89. The lowest BCUT2D eigenvalue weighted by Crippen LogP contribution is -2.35. The maximum atomic E-state index is 12.6. The van der Waals surface area contributed by atoms with Crippen LogP contribution in [0.4, 0.5) is 5.69 Å². The Bertz CT molecular complexity index is 873. The predicted molar refractivity (Wildman–Crippen MR) is 100.0 cm³/mol. The minimum absolute atomic E-state index is 0.249. The van der Waals surface area contributed by atoms with Gasteiger partial charge in [0.05, 0.1) is 12.0 Å². The Kier molecular flexibility index (Phi) is 5.58. The third kappa shape index (κ3) is 4.05. The van der Waals surface area contributed by atoms with Crippen LogP contribution in [0.25, 0.3) is 0 Å². The van der Waals surface area contributed by atoms with E-state index in [4.69, 9.17) is 4.74 Å². The van der Waals surface area contributed by atoms with Crippen molar-refractivity contribution >= 4 is 21.6 Å². The largest absolute Gasteiger partial charge is 0.497 e. The SMILES string of the molecule is COc1cccc(C(=O)Nc2ccc(S(=O)(=O)N3CCCCC3)cc2)c1. The fraction of sp³-hybridized carbons (Fsp3) is 0.316. The van der Waals surface area contributed by atoms with Crippen LogP contribution in [-0.2, 0) is 10.0 Å². The molecule has 0 radical (unpaired) electrons. The molecule has 2 aromatic carbocycles. The van der Waals surface area contributed by atoms with E-state index >= 15 is 0 Å². The van der Waals surface area contributed by atoms with Gasteiger partial charge in [0.1, 0.15) is 5.75 Å². The average Bonchev–Trinajstić information content (AvgIpc) is 2.69. The number of methoxy groups -OCH3 is 1. The number of ether oxygens (including phenoxy) is 1. The Balaban J connectivity index is 1.72. The summed E-state index contributed by atoms with van der Waals surface area (Å²) < 4.78 is 31.9. The van der Waals surface area contributed by atoms with Gasteiger partial charge in [-0.25, -0.2) is 8.42 Å². The summed E-state index contributed by atoms with van der Waals surface area (Å²) in [5.74, 6) is 0.316. The summed E-state index contributed by atoms with van der Waals surface area (Å²) in [6.07, 6.45) is 2.86. The van der Waals surface area contributed by atoms with Crippen LogP contribution in [0.3, 0.4) is 0 Å². The topological polar surface area (TPSA) is 75.7 Å². The first kappa shape index (κ1) is 18.4. The maximum absolute atomic E-state index is 12.6. The molecule has 0 bridgehead atoms. The number of carbonyl (C=O) groups is 1. The molecule has 2 aromatic rings. The van der Waals surface area contributed by atoms with Crippen molar-refractivity contribution < 1.29 is 17.9 Å². The lowest BCUT2D eigenvalue weighted by molar-refractivity contribution is 0.102. The molecule has 1 N–H and O–H groups in total. The number of nitrogens with zero attached hydrogens (tertiary/aromatic N) is 1. The van der Waals surface area contributed by atoms with Crippen LogP contribution in [0.1, 0.15) is 29.6 Å². The van der Waals surface area contributed by atoms with Gasteiger partial charge in [-0.3, -0.25) is 4.79 Å². The van der Waals surface area contributed by atoms with Crippen LogP contribution in [0.15, 0.2) is 53.4 Å². The molecule has 0 atom stereocenters. The molecule has 1 amide bonds. The Morgan fingerprint density at radius 2 is 1.73 bits per heavy atom. The van der Waals surface area contributed by atoms with Crippen molar-refractivity contribution in [2.24, 2.45) is 0 Å². The summed E-state index contributed by atoms with van der Waals surface area (Å²) in [4.78, 5) is 12.6. The van der Waals surface area contributed by atoms with Crippen molar-refractivity contribution in [2.75, 3.05) is 25.5 Å². The third-order valence-electron chi connectivity index (χ3n) is 4.40. The Morgan fingerprint density at radius 1 is 1.04 bits per heavy atom. The van der Waals surface area contributed by atoms with Crippen LogP contribution in [-0.4, -0.2) is 38.8 Å². The van der Waals surface area contributed by atoms with Gasteiger partial charge in [-0.15, -0.1) is 0 Å². The van der Waals surface area contributed by atoms with Gasteiger partial charge >= 0.3 is 0 Å². The quantitative estimate of drug-likeness (QED) is 0.872. The van der Waals surface area contributed by atoms with E-state index in [0.717, 1.165) is 19.3 Å². The van der Waals surface area contributed by atoms with E-state index in [1.807, 2.05) is 0 Å². The van der Waals surface area contributed by atoms with Crippen molar-refractivity contribution in [1.29, 1.82) is 0 Å². The average molecular weight is 374 g/mol. The molecule has 7 heteroatoms. The molecule has 1 aliphatic rings. The second-order valence-electron chi connectivity index (χ2n) is 6.18. The minimum atomic E-state index is -3.46. The number of nitrogens with one attached hydrogen (secondary N) is 1. The number of amides is 1. The van der Waals surface area contributed by atoms with Crippen molar-refractivity contribution in [3.63, 3.8) is 0 Å². The van der Waals surface area contributed by atoms with E-state index in [1.54, 1.807) is 43.5 Å². The normalized spacial score (nSPS) is 15.4. The first-order valence-electron chi connectivity index (χ1n) is 8.56. The summed E-state index contributed by atoms with van der Waals surface area (Å²) in [6, 6.07) is 13.1. The van der Waals surface area contributed by atoms with Crippen LogP contribution in [0.2, 0.25) is 0 Å². The fourth-order valence-electron chi connectivity index (χ4n) is 2.93. The van der Waals surface area contributed by atoms with Crippen molar-refractivity contribution in [1.82, 2.24) is 4.31 Å². The van der Waals surface area contributed by atoms with Gasteiger partial charge in [0.15, 0.2) is 0 Å². The molecular formula is C19H22N2O4S. The Morgan fingerprint density at radius 3 is 2.38 bits per heavy atom. The van der Waals surface area contributed by atoms with E-state index in [-0.39, 0.29) is 10.8 Å². The number of rotatable bonds is 5. The van der Waals surface area contributed by atoms with Crippen LogP contribution in [0.5, 0.6) is 5.75 Å². The zero-order chi connectivity index (χ0) is 18.6. The number of sulfonamides is 1. The number of hydrogen-bond donors (Lipinski definition) is 1. The van der Waals surface area contributed by atoms with E-state index in [0.29, 0.717) is 30.1 Å². The summed E-state index contributed by atoms with van der Waals surface area (Å²) in [6.45, 7) is 1.13. The van der Waals surface area contributed by atoms with Crippen molar-refractivity contribution in [3.8, 4) is 5.75 Å². The molecule has 6 nitrogen and oxygen atoms in total. The smallest absolute Gasteiger partial charge is 0.255 e. The van der Waals surface area contributed by atoms with Crippen LogP contribution >= 0.6 is 0 Å². The van der Waals surface area contributed by atoms with Crippen molar-refractivity contribution in [3.05, 3.63) is 54.1 Å². The van der Waals surface area contributed by atoms with Gasteiger partial charge < -0.3 is 10.1 Å². The summed E-state index contributed by atoms with van der Waals surface area (Å²) in [5.41, 5.74) is 1.00. The molecule has 0 aromatic heterocycles. The monoisotopic (exact) mass is 374 g/mol.